The number of rotatable bonds is 4. The molecule has 1 fully saturated rings. The molecule has 1 aliphatic heterocycles. The fraction of sp³-hybridized carbons (Fsp3) is 0.316. The number of benzene rings is 2. The molecule has 1 saturated heterocycles. The van der Waals surface area contributed by atoms with Gasteiger partial charge in [-0.05, 0) is 17.2 Å². The molecule has 2 atom stereocenters. The molecule has 140 valence electrons. The SMILES string of the molecule is Cl.O=C(O)[C@H]1CN(Cc2ccccc2)C[C@@H]1c1ccccc1C(F)(F)F. The summed E-state index contributed by atoms with van der Waals surface area (Å²) in [6, 6.07) is 14.8. The maximum Gasteiger partial charge on any atom is 0.416 e. The third-order valence-corrected chi connectivity index (χ3v) is 4.63. The number of likely N-dealkylation sites (tertiary alicyclic amines) is 1. The van der Waals surface area contributed by atoms with E-state index in [9.17, 15) is 23.1 Å². The predicted octanol–water partition coefficient (Wildman–Crippen LogP) is 4.43. The molecule has 0 radical (unpaired) electrons. The summed E-state index contributed by atoms with van der Waals surface area (Å²) in [5.41, 5.74) is 0.335. The Kier molecular flexibility index (Phi) is 6.31. The Balaban J connectivity index is 0.00000243. The van der Waals surface area contributed by atoms with Crippen LogP contribution in [-0.2, 0) is 17.5 Å². The first-order valence-electron chi connectivity index (χ1n) is 8.01. The normalized spacial score (nSPS) is 20.6. The average Bonchev–Trinajstić information content (AvgIpc) is 2.99. The zero-order chi connectivity index (χ0) is 18.0. The van der Waals surface area contributed by atoms with Gasteiger partial charge >= 0.3 is 12.1 Å². The minimum Gasteiger partial charge on any atom is -0.481 e. The molecule has 0 unspecified atom stereocenters. The van der Waals surface area contributed by atoms with E-state index >= 15 is 0 Å². The van der Waals surface area contributed by atoms with Crippen LogP contribution in [0.25, 0.3) is 0 Å². The van der Waals surface area contributed by atoms with Crippen molar-refractivity contribution in [3.8, 4) is 0 Å². The van der Waals surface area contributed by atoms with Crippen molar-refractivity contribution in [3.05, 3.63) is 71.3 Å². The van der Waals surface area contributed by atoms with Gasteiger partial charge in [0.1, 0.15) is 0 Å². The summed E-state index contributed by atoms with van der Waals surface area (Å²) in [4.78, 5) is 13.5. The van der Waals surface area contributed by atoms with Crippen LogP contribution in [0.2, 0.25) is 0 Å². The van der Waals surface area contributed by atoms with Crippen LogP contribution in [0, 0.1) is 5.92 Å². The van der Waals surface area contributed by atoms with E-state index in [1.807, 2.05) is 35.2 Å². The highest BCUT2D eigenvalue weighted by Gasteiger charge is 2.43. The van der Waals surface area contributed by atoms with E-state index < -0.39 is 29.5 Å². The van der Waals surface area contributed by atoms with Gasteiger partial charge in [0.2, 0.25) is 0 Å². The van der Waals surface area contributed by atoms with E-state index in [0.717, 1.165) is 11.6 Å². The minimum atomic E-state index is -4.49. The van der Waals surface area contributed by atoms with Gasteiger partial charge in [0.15, 0.2) is 0 Å². The van der Waals surface area contributed by atoms with Crippen molar-refractivity contribution >= 4 is 18.4 Å². The Hall–Kier alpha value is -2.05. The van der Waals surface area contributed by atoms with Gasteiger partial charge in [-0.25, -0.2) is 0 Å². The van der Waals surface area contributed by atoms with E-state index in [4.69, 9.17) is 0 Å². The van der Waals surface area contributed by atoms with Crippen molar-refractivity contribution in [1.29, 1.82) is 0 Å². The van der Waals surface area contributed by atoms with Crippen molar-refractivity contribution in [2.45, 2.75) is 18.6 Å². The molecule has 0 amide bonds. The number of nitrogens with zero attached hydrogens (tertiary/aromatic N) is 1. The van der Waals surface area contributed by atoms with Crippen LogP contribution < -0.4 is 0 Å². The Morgan fingerprint density at radius 3 is 2.27 bits per heavy atom. The van der Waals surface area contributed by atoms with Crippen molar-refractivity contribution in [3.63, 3.8) is 0 Å². The Morgan fingerprint density at radius 2 is 1.65 bits per heavy atom. The number of alkyl halides is 3. The van der Waals surface area contributed by atoms with Gasteiger partial charge in [0.05, 0.1) is 11.5 Å². The lowest BCUT2D eigenvalue weighted by atomic mass is 9.86. The highest BCUT2D eigenvalue weighted by Crippen LogP contribution is 2.41. The topological polar surface area (TPSA) is 40.5 Å². The van der Waals surface area contributed by atoms with Crippen LogP contribution in [0.3, 0.4) is 0 Å². The Bertz CT molecular complexity index is 752. The van der Waals surface area contributed by atoms with E-state index in [-0.39, 0.29) is 24.5 Å². The van der Waals surface area contributed by atoms with Crippen molar-refractivity contribution in [2.24, 2.45) is 5.92 Å². The maximum atomic E-state index is 13.3. The lowest BCUT2D eigenvalue weighted by Crippen LogP contribution is -2.23. The quantitative estimate of drug-likeness (QED) is 0.846. The number of aliphatic carboxylic acids is 1. The summed E-state index contributed by atoms with van der Waals surface area (Å²) >= 11 is 0. The van der Waals surface area contributed by atoms with Crippen molar-refractivity contribution in [1.82, 2.24) is 4.90 Å². The fourth-order valence-corrected chi connectivity index (χ4v) is 3.50. The van der Waals surface area contributed by atoms with Gasteiger partial charge in [-0.15, -0.1) is 12.4 Å². The molecule has 26 heavy (non-hydrogen) atoms. The number of halogens is 4. The molecule has 3 nitrogen and oxygen atoms in total. The summed E-state index contributed by atoms with van der Waals surface area (Å²) in [5, 5.41) is 9.51. The van der Waals surface area contributed by atoms with Crippen LogP contribution in [0.5, 0.6) is 0 Å². The highest BCUT2D eigenvalue weighted by molar-refractivity contribution is 5.85. The van der Waals surface area contributed by atoms with Crippen LogP contribution in [0.4, 0.5) is 13.2 Å². The molecule has 7 heteroatoms. The van der Waals surface area contributed by atoms with Crippen molar-refractivity contribution < 1.29 is 23.1 Å². The van der Waals surface area contributed by atoms with Crippen LogP contribution in [0.1, 0.15) is 22.6 Å². The maximum absolute atomic E-state index is 13.3. The van der Waals surface area contributed by atoms with Gasteiger partial charge in [-0.2, -0.15) is 13.2 Å². The highest BCUT2D eigenvalue weighted by atomic mass is 35.5. The lowest BCUT2D eigenvalue weighted by Gasteiger charge is -2.20. The first-order valence-corrected chi connectivity index (χ1v) is 8.01. The molecular weight excluding hydrogens is 367 g/mol. The predicted molar refractivity (Wildman–Crippen MR) is 94.3 cm³/mol. The molecule has 0 saturated carbocycles. The molecule has 0 bridgehead atoms. The van der Waals surface area contributed by atoms with Gasteiger partial charge in [-0.3, -0.25) is 9.69 Å². The third-order valence-electron chi connectivity index (χ3n) is 4.63. The average molecular weight is 386 g/mol. The number of carbonyl (C=O) groups is 1. The Labute approximate surface area is 155 Å². The van der Waals surface area contributed by atoms with Crippen LogP contribution in [0.15, 0.2) is 54.6 Å². The molecule has 2 aromatic rings. The Morgan fingerprint density at radius 1 is 1.04 bits per heavy atom. The molecule has 3 rings (SSSR count). The van der Waals surface area contributed by atoms with E-state index in [2.05, 4.69) is 0 Å². The minimum absolute atomic E-state index is 0. The molecule has 2 aromatic carbocycles. The second-order valence-corrected chi connectivity index (χ2v) is 6.32. The molecule has 1 heterocycles. The molecule has 0 aliphatic carbocycles. The van der Waals surface area contributed by atoms with E-state index in [1.54, 1.807) is 0 Å². The zero-order valence-electron chi connectivity index (χ0n) is 13.8. The van der Waals surface area contributed by atoms with E-state index in [1.165, 1.54) is 18.2 Å². The second-order valence-electron chi connectivity index (χ2n) is 6.32. The van der Waals surface area contributed by atoms with Crippen molar-refractivity contribution in [2.75, 3.05) is 13.1 Å². The lowest BCUT2D eigenvalue weighted by molar-refractivity contribution is -0.143. The fourth-order valence-electron chi connectivity index (χ4n) is 3.50. The van der Waals surface area contributed by atoms with Crippen LogP contribution in [-0.4, -0.2) is 29.1 Å². The first-order chi connectivity index (χ1) is 11.9. The number of carboxylic acids is 1. The third kappa shape index (κ3) is 4.37. The van der Waals surface area contributed by atoms with Gasteiger partial charge in [0, 0.05) is 25.6 Å². The monoisotopic (exact) mass is 385 g/mol. The number of hydrogen-bond donors (Lipinski definition) is 1. The summed E-state index contributed by atoms with van der Waals surface area (Å²) in [7, 11) is 0. The summed E-state index contributed by atoms with van der Waals surface area (Å²) in [5.74, 6) is -2.59. The summed E-state index contributed by atoms with van der Waals surface area (Å²) in [6.45, 7) is 1.05. The van der Waals surface area contributed by atoms with E-state index in [0.29, 0.717) is 13.1 Å². The largest absolute Gasteiger partial charge is 0.481 e. The molecular formula is C19H19ClF3NO2. The summed E-state index contributed by atoms with van der Waals surface area (Å²) < 4.78 is 39.9. The first kappa shape index (κ1) is 20.3. The molecule has 1 N–H and O–H groups in total. The zero-order valence-corrected chi connectivity index (χ0v) is 14.6. The van der Waals surface area contributed by atoms with Crippen LogP contribution >= 0.6 is 12.4 Å². The van der Waals surface area contributed by atoms with Gasteiger partial charge in [0.25, 0.3) is 0 Å². The summed E-state index contributed by atoms with van der Waals surface area (Å²) in [6.07, 6.45) is -4.49. The van der Waals surface area contributed by atoms with Gasteiger partial charge in [-0.1, -0.05) is 48.5 Å². The molecule has 0 aromatic heterocycles. The smallest absolute Gasteiger partial charge is 0.416 e. The number of carboxylic acid groups (broad SMARTS) is 1. The molecule has 0 spiro atoms. The number of hydrogen-bond acceptors (Lipinski definition) is 2. The second kappa shape index (κ2) is 8.10. The standard InChI is InChI=1S/C19H18F3NO2.ClH/c20-19(21,22)17-9-5-4-8-14(17)15-11-23(12-16(15)18(24)25)10-13-6-2-1-3-7-13;/h1-9,15-16H,10-12H2,(H,24,25);1H/t15-,16+;/m1./s1. The molecule has 1 aliphatic rings. The van der Waals surface area contributed by atoms with Gasteiger partial charge < -0.3 is 5.11 Å².